The van der Waals surface area contributed by atoms with Crippen molar-refractivity contribution < 1.29 is 18.7 Å². The Balaban J connectivity index is 1.78. The summed E-state index contributed by atoms with van der Waals surface area (Å²) in [5.41, 5.74) is 3.96. The molecule has 3 aromatic rings. The summed E-state index contributed by atoms with van der Waals surface area (Å²) < 4.78 is 25.7. The zero-order chi connectivity index (χ0) is 20.3. The van der Waals surface area contributed by atoms with E-state index < -0.39 is 0 Å². The molecule has 0 aliphatic rings. The molecular formula is C22H23FN2O3. The van der Waals surface area contributed by atoms with E-state index in [1.54, 1.807) is 38.5 Å². The van der Waals surface area contributed by atoms with Gasteiger partial charge in [0.1, 0.15) is 5.82 Å². The molecule has 0 atom stereocenters. The number of rotatable bonds is 7. The standard InChI is InChI=1S/C22H23FN2O3/c1-14-11-19(15(2)25(14)18-8-5-16(23)6-9-18)20(26)13-24-17-7-10-21(27-3)22(12-17)28-4/h5-12,24H,13H2,1-4H3. The molecule has 0 aliphatic heterocycles. The summed E-state index contributed by atoms with van der Waals surface area (Å²) in [4.78, 5) is 12.8. The SMILES string of the molecule is COc1ccc(NCC(=O)c2cc(C)n(-c3ccc(F)cc3)c2C)cc1OC. The molecule has 5 nitrogen and oxygen atoms in total. The lowest BCUT2D eigenvalue weighted by atomic mass is 10.1. The average Bonchev–Trinajstić information content (AvgIpc) is 3.00. The number of ketones is 1. The number of nitrogens with one attached hydrogen (secondary N) is 1. The zero-order valence-electron chi connectivity index (χ0n) is 16.4. The van der Waals surface area contributed by atoms with E-state index in [2.05, 4.69) is 5.32 Å². The highest BCUT2D eigenvalue weighted by Gasteiger charge is 2.17. The fraction of sp³-hybridized carbons (Fsp3) is 0.227. The molecule has 0 fully saturated rings. The number of anilines is 1. The molecule has 146 valence electrons. The molecule has 2 aromatic carbocycles. The highest BCUT2D eigenvalue weighted by molar-refractivity contribution is 6.00. The summed E-state index contributed by atoms with van der Waals surface area (Å²) >= 11 is 0. The van der Waals surface area contributed by atoms with Crippen molar-refractivity contribution in [2.24, 2.45) is 0 Å². The van der Waals surface area contributed by atoms with E-state index in [9.17, 15) is 9.18 Å². The normalized spacial score (nSPS) is 10.6. The zero-order valence-corrected chi connectivity index (χ0v) is 16.4. The molecule has 1 heterocycles. The van der Waals surface area contributed by atoms with Crippen molar-refractivity contribution in [1.29, 1.82) is 0 Å². The average molecular weight is 382 g/mol. The van der Waals surface area contributed by atoms with Gasteiger partial charge in [0.05, 0.1) is 20.8 Å². The van der Waals surface area contributed by atoms with Crippen molar-refractivity contribution >= 4 is 11.5 Å². The first-order chi connectivity index (χ1) is 13.4. The molecule has 1 aromatic heterocycles. The molecule has 0 bridgehead atoms. The van der Waals surface area contributed by atoms with Crippen LogP contribution in [0.25, 0.3) is 5.69 Å². The van der Waals surface area contributed by atoms with Crippen LogP contribution >= 0.6 is 0 Å². The number of ether oxygens (including phenoxy) is 2. The third-order valence-electron chi connectivity index (χ3n) is 4.65. The minimum Gasteiger partial charge on any atom is -0.493 e. The van der Waals surface area contributed by atoms with Gasteiger partial charge in [-0.2, -0.15) is 0 Å². The highest BCUT2D eigenvalue weighted by atomic mass is 19.1. The number of halogens is 1. The van der Waals surface area contributed by atoms with Gasteiger partial charge in [-0.1, -0.05) is 0 Å². The van der Waals surface area contributed by atoms with Gasteiger partial charge in [-0.3, -0.25) is 4.79 Å². The fourth-order valence-electron chi connectivity index (χ4n) is 3.26. The smallest absolute Gasteiger partial charge is 0.183 e. The number of aromatic nitrogens is 1. The van der Waals surface area contributed by atoms with Crippen LogP contribution in [-0.2, 0) is 0 Å². The topological polar surface area (TPSA) is 52.5 Å². The molecular weight excluding hydrogens is 359 g/mol. The number of carbonyl (C=O) groups is 1. The van der Waals surface area contributed by atoms with Crippen molar-refractivity contribution in [2.45, 2.75) is 13.8 Å². The summed E-state index contributed by atoms with van der Waals surface area (Å²) in [5, 5.41) is 3.13. The van der Waals surface area contributed by atoms with Crippen molar-refractivity contribution in [1.82, 2.24) is 4.57 Å². The fourth-order valence-corrected chi connectivity index (χ4v) is 3.26. The van der Waals surface area contributed by atoms with Crippen LogP contribution in [0.15, 0.2) is 48.5 Å². The molecule has 3 rings (SSSR count). The molecule has 0 radical (unpaired) electrons. The van der Waals surface area contributed by atoms with Crippen LogP contribution < -0.4 is 14.8 Å². The Morgan fingerprint density at radius 2 is 1.68 bits per heavy atom. The largest absolute Gasteiger partial charge is 0.493 e. The Morgan fingerprint density at radius 3 is 2.32 bits per heavy atom. The van der Waals surface area contributed by atoms with E-state index in [0.717, 1.165) is 22.8 Å². The van der Waals surface area contributed by atoms with E-state index in [1.807, 2.05) is 30.5 Å². The van der Waals surface area contributed by atoms with Crippen LogP contribution in [0.2, 0.25) is 0 Å². The summed E-state index contributed by atoms with van der Waals surface area (Å²) in [7, 11) is 3.14. The van der Waals surface area contributed by atoms with Crippen LogP contribution in [0.5, 0.6) is 11.5 Å². The van der Waals surface area contributed by atoms with E-state index >= 15 is 0 Å². The van der Waals surface area contributed by atoms with Gasteiger partial charge in [0, 0.05) is 34.4 Å². The van der Waals surface area contributed by atoms with Crippen LogP contribution in [0.3, 0.4) is 0 Å². The van der Waals surface area contributed by atoms with Crippen LogP contribution in [0.4, 0.5) is 10.1 Å². The second-order valence-corrected chi connectivity index (χ2v) is 6.44. The van der Waals surface area contributed by atoms with Gasteiger partial charge < -0.3 is 19.4 Å². The molecule has 0 aliphatic carbocycles. The third kappa shape index (κ3) is 3.86. The maximum absolute atomic E-state index is 13.2. The number of Topliss-reactive ketones (excluding diaryl/α,β-unsaturated/α-hetero) is 1. The Morgan fingerprint density at radius 1 is 1.00 bits per heavy atom. The first kappa shape index (κ1) is 19.5. The Labute approximate surface area is 163 Å². The van der Waals surface area contributed by atoms with Gasteiger partial charge in [0.15, 0.2) is 17.3 Å². The quantitative estimate of drug-likeness (QED) is 0.610. The summed E-state index contributed by atoms with van der Waals surface area (Å²) in [6.07, 6.45) is 0. The van der Waals surface area contributed by atoms with Crippen LogP contribution in [-0.4, -0.2) is 31.1 Å². The molecule has 28 heavy (non-hydrogen) atoms. The van der Waals surface area contributed by atoms with Gasteiger partial charge in [-0.15, -0.1) is 0 Å². The minimum absolute atomic E-state index is 0.0313. The van der Waals surface area contributed by atoms with Gasteiger partial charge >= 0.3 is 0 Å². The first-order valence-electron chi connectivity index (χ1n) is 8.88. The maximum Gasteiger partial charge on any atom is 0.183 e. The minimum atomic E-state index is -0.290. The number of carbonyl (C=O) groups excluding carboxylic acids is 1. The van der Waals surface area contributed by atoms with Crippen LogP contribution in [0, 0.1) is 19.7 Å². The molecule has 0 unspecified atom stereocenters. The number of hydrogen-bond acceptors (Lipinski definition) is 4. The number of methoxy groups -OCH3 is 2. The molecule has 0 saturated carbocycles. The van der Waals surface area contributed by atoms with Gasteiger partial charge in [-0.05, 0) is 56.3 Å². The number of aryl methyl sites for hydroxylation is 1. The van der Waals surface area contributed by atoms with Crippen molar-refractivity contribution in [2.75, 3.05) is 26.1 Å². The number of benzene rings is 2. The maximum atomic E-state index is 13.2. The molecule has 0 amide bonds. The molecule has 0 saturated heterocycles. The van der Waals surface area contributed by atoms with E-state index in [4.69, 9.17) is 9.47 Å². The molecule has 1 N–H and O–H groups in total. The van der Waals surface area contributed by atoms with Crippen LogP contribution in [0.1, 0.15) is 21.7 Å². The second-order valence-electron chi connectivity index (χ2n) is 6.44. The lowest BCUT2D eigenvalue weighted by Crippen LogP contribution is -2.15. The lowest BCUT2D eigenvalue weighted by Gasteiger charge is -2.11. The monoisotopic (exact) mass is 382 g/mol. The summed E-state index contributed by atoms with van der Waals surface area (Å²) in [5.74, 6) is 0.898. The van der Waals surface area contributed by atoms with Crippen molar-refractivity contribution in [3.63, 3.8) is 0 Å². The molecule has 6 heteroatoms. The molecule has 0 spiro atoms. The third-order valence-corrected chi connectivity index (χ3v) is 4.65. The van der Waals surface area contributed by atoms with Gasteiger partial charge in [-0.25, -0.2) is 4.39 Å². The summed E-state index contributed by atoms with van der Waals surface area (Å²) in [6, 6.07) is 13.5. The van der Waals surface area contributed by atoms with E-state index in [1.165, 1.54) is 12.1 Å². The number of nitrogens with zero attached hydrogens (tertiary/aromatic N) is 1. The summed E-state index contributed by atoms with van der Waals surface area (Å²) in [6.45, 7) is 3.96. The predicted molar refractivity (Wildman–Crippen MR) is 108 cm³/mol. The van der Waals surface area contributed by atoms with E-state index in [0.29, 0.717) is 17.1 Å². The second kappa shape index (κ2) is 8.17. The Kier molecular flexibility index (Phi) is 5.68. The van der Waals surface area contributed by atoms with Crippen molar-refractivity contribution in [3.8, 4) is 17.2 Å². The Hall–Kier alpha value is -3.28. The first-order valence-corrected chi connectivity index (χ1v) is 8.88. The van der Waals surface area contributed by atoms with Crippen molar-refractivity contribution in [3.05, 3.63) is 71.3 Å². The van der Waals surface area contributed by atoms with Gasteiger partial charge in [0.2, 0.25) is 0 Å². The predicted octanol–water partition coefficient (Wildman–Crippen LogP) is 4.55. The van der Waals surface area contributed by atoms with Gasteiger partial charge in [0.25, 0.3) is 0 Å². The number of hydrogen-bond donors (Lipinski definition) is 1. The van der Waals surface area contributed by atoms with E-state index in [-0.39, 0.29) is 18.1 Å². The Bertz CT molecular complexity index is 994. The highest BCUT2D eigenvalue weighted by Crippen LogP contribution is 2.30. The lowest BCUT2D eigenvalue weighted by molar-refractivity contribution is 0.101.